The zero-order valence-electron chi connectivity index (χ0n) is 8.55. The van der Waals surface area contributed by atoms with Crippen LogP contribution in [0.1, 0.15) is 18.0 Å². The summed E-state index contributed by atoms with van der Waals surface area (Å²) >= 11 is 0. The van der Waals surface area contributed by atoms with Gasteiger partial charge in [-0.25, -0.2) is 8.42 Å². The Labute approximate surface area is 89.7 Å². The topological polar surface area (TPSA) is 80.4 Å². The van der Waals surface area contributed by atoms with E-state index in [0.29, 0.717) is 6.42 Å². The first-order valence-corrected chi connectivity index (χ1v) is 6.50. The molecular weight excluding hydrogens is 214 g/mol. The van der Waals surface area contributed by atoms with Gasteiger partial charge in [-0.3, -0.25) is 0 Å². The zero-order valence-corrected chi connectivity index (χ0v) is 9.37. The van der Waals surface area contributed by atoms with Gasteiger partial charge in [-0.05, 0) is 24.1 Å². The first kappa shape index (κ1) is 12.2. The molecular formula is C10H15NO3S. The number of hydrogen-bond acceptors (Lipinski definition) is 4. The van der Waals surface area contributed by atoms with Gasteiger partial charge in [0.2, 0.25) is 0 Å². The molecule has 84 valence electrons. The second-order valence-corrected chi connectivity index (χ2v) is 5.48. The van der Waals surface area contributed by atoms with Crippen molar-refractivity contribution in [1.29, 1.82) is 0 Å². The Bertz CT molecular complexity index is 411. The van der Waals surface area contributed by atoms with Crippen molar-refractivity contribution in [1.82, 2.24) is 0 Å². The molecule has 0 radical (unpaired) electrons. The molecule has 0 fully saturated rings. The molecule has 0 aromatic heterocycles. The maximum atomic E-state index is 11.2. The highest BCUT2D eigenvalue weighted by Gasteiger charge is 2.09. The molecule has 0 aliphatic heterocycles. The summed E-state index contributed by atoms with van der Waals surface area (Å²) in [6, 6.07) is 6.17. The number of aliphatic hydroxyl groups excluding tert-OH is 1. The van der Waals surface area contributed by atoms with E-state index < -0.39 is 9.84 Å². The third-order valence-electron chi connectivity index (χ3n) is 2.18. The maximum Gasteiger partial charge on any atom is 0.175 e. The Hall–Kier alpha value is -0.910. The highest BCUT2D eigenvalue weighted by Crippen LogP contribution is 2.16. The van der Waals surface area contributed by atoms with Gasteiger partial charge in [0.1, 0.15) is 0 Å². The van der Waals surface area contributed by atoms with Crippen LogP contribution in [0.15, 0.2) is 29.2 Å². The lowest BCUT2D eigenvalue weighted by atomic mass is 10.1. The number of sulfone groups is 1. The van der Waals surface area contributed by atoms with E-state index in [0.717, 1.165) is 11.8 Å². The molecule has 0 saturated carbocycles. The number of rotatable bonds is 4. The van der Waals surface area contributed by atoms with Crippen molar-refractivity contribution in [2.24, 2.45) is 5.73 Å². The van der Waals surface area contributed by atoms with Crippen LogP contribution in [0.2, 0.25) is 0 Å². The van der Waals surface area contributed by atoms with Gasteiger partial charge in [0, 0.05) is 18.9 Å². The van der Waals surface area contributed by atoms with Crippen LogP contribution in [0, 0.1) is 0 Å². The minimum atomic E-state index is -3.15. The summed E-state index contributed by atoms with van der Waals surface area (Å²) in [4.78, 5) is 0.280. The minimum Gasteiger partial charge on any atom is -0.396 e. The van der Waals surface area contributed by atoms with Crippen molar-refractivity contribution in [2.75, 3.05) is 12.9 Å². The molecule has 5 heteroatoms. The molecule has 1 atom stereocenters. The molecule has 1 aromatic rings. The van der Waals surface area contributed by atoms with Gasteiger partial charge in [0.05, 0.1) is 4.90 Å². The van der Waals surface area contributed by atoms with Crippen LogP contribution in [0.4, 0.5) is 0 Å². The fourth-order valence-electron chi connectivity index (χ4n) is 1.27. The van der Waals surface area contributed by atoms with Gasteiger partial charge in [-0.2, -0.15) is 0 Å². The quantitative estimate of drug-likeness (QED) is 0.786. The van der Waals surface area contributed by atoms with Crippen molar-refractivity contribution < 1.29 is 13.5 Å². The number of aliphatic hydroxyl groups is 1. The second-order valence-electron chi connectivity index (χ2n) is 3.46. The Balaban J connectivity index is 2.90. The van der Waals surface area contributed by atoms with Crippen molar-refractivity contribution in [3.05, 3.63) is 29.8 Å². The third-order valence-corrected chi connectivity index (χ3v) is 3.30. The van der Waals surface area contributed by atoms with Crippen LogP contribution < -0.4 is 5.73 Å². The number of nitrogens with two attached hydrogens (primary N) is 1. The summed E-state index contributed by atoms with van der Waals surface area (Å²) < 4.78 is 22.3. The van der Waals surface area contributed by atoms with Crippen molar-refractivity contribution in [3.8, 4) is 0 Å². The monoisotopic (exact) mass is 229 g/mol. The minimum absolute atomic E-state index is 0.0228. The molecule has 3 N–H and O–H groups in total. The molecule has 1 aromatic carbocycles. The van der Waals surface area contributed by atoms with Crippen molar-refractivity contribution >= 4 is 9.84 Å². The third kappa shape index (κ3) is 3.30. The van der Waals surface area contributed by atoms with E-state index in [4.69, 9.17) is 10.8 Å². The molecule has 0 heterocycles. The van der Waals surface area contributed by atoms with Gasteiger partial charge >= 0.3 is 0 Å². The number of hydrogen-bond donors (Lipinski definition) is 2. The average molecular weight is 229 g/mol. The lowest BCUT2D eigenvalue weighted by molar-refractivity contribution is 0.276. The molecule has 1 rings (SSSR count). The van der Waals surface area contributed by atoms with E-state index in [1.807, 2.05) is 0 Å². The van der Waals surface area contributed by atoms with E-state index in [9.17, 15) is 8.42 Å². The second kappa shape index (κ2) is 4.74. The van der Waals surface area contributed by atoms with Gasteiger partial charge in [0.25, 0.3) is 0 Å². The van der Waals surface area contributed by atoms with E-state index in [1.165, 1.54) is 12.1 Å². The molecule has 0 bridgehead atoms. The molecule has 1 unspecified atom stereocenters. The predicted octanol–water partition coefficient (Wildman–Crippen LogP) is 0.472. The Kier molecular flexibility index (Phi) is 3.84. The summed E-state index contributed by atoms with van der Waals surface area (Å²) in [5.74, 6) is 0. The molecule has 0 saturated heterocycles. The largest absolute Gasteiger partial charge is 0.396 e. The molecule has 0 spiro atoms. The summed E-state index contributed by atoms with van der Waals surface area (Å²) in [6.45, 7) is 0.0228. The highest BCUT2D eigenvalue weighted by atomic mass is 32.2. The van der Waals surface area contributed by atoms with E-state index in [1.54, 1.807) is 12.1 Å². The molecule has 4 nitrogen and oxygen atoms in total. The van der Waals surface area contributed by atoms with Crippen LogP contribution in [-0.4, -0.2) is 26.4 Å². The van der Waals surface area contributed by atoms with E-state index in [2.05, 4.69) is 0 Å². The summed E-state index contributed by atoms with van der Waals surface area (Å²) in [5, 5.41) is 8.71. The zero-order chi connectivity index (χ0) is 11.5. The summed E-state index contributed by atoms with van der Waals surface area (Å²) in [7, 11) is -3.15. The summed E-state index contributed by atoms with van der Waals surface area (Å²) in [5.41, 5.74) is 6.59. The first-order valence-electron chi connectivity index (χ1n) is 4.61. The lowest BCUT2D eigenvalue weighted by Crippen LogP contribution is -2.12. The Morgan fingerprint density at radius 3 is 2.27 bits per heavy atom. The van der Waals surface area contributed by atoms with Gasteiger partial charge in [-0.1, -0.05) is 12.1 Å². The van der Waals surface area contributed by atoms with Crippen LogP contribution in [0.3, 0.4) is 0 Å². The van der Waals surface area contributed by atoms with Crippen LogP contribution >= 0.6 is 0 Å². The molecule has 0 aliphatic carbocycles. The molecule has 0 aliphatic rings. The lowest BCUT2D eigenvalue weighted by Gasteiger charge is -2.10. The smallest absolute Gasteiger partial charge is 0.175 e. The highest BCUT2D eigenvalue weighted by molar-refractivity contribution is 7.90. The Morgan fingerprint density at radius 1 is 1.33 bits per heavy atom. The predicted molar refractivity (Wildman–Crippen MR) is 58.2 cm³/mol. The Morgan fingerprint density at radius 2 is 1.87 bits per heavy atom. The van der Waals surface area contributed by atoms with Crippen LogP contribution in [0.5, 0.6) is 0 Å². The first-order chi connectivity index (χ1) is 6.95. The number of benzene rings is 1. The van der Waals surface area contributed by atoms with Gasteiger partial charge < -0.3 is 10.8 Å². The fraction of sp³-hybridized carbons (Fsp3) is 0.400. The SMILES string of the molecule is CS(=O)(=O)c1ccc(C(N)CCO)cc1. The summed E-state index contributed by atoms with van der Waals surface area (Å²) in [6.07, 6.45) is 1.63. The average Bonchev–Trinajstić information content (AvgIpc) is 2.17. The van der Waals surface area contributed by atoms with Crippen molar-refractivity contribution in [3.63, 3.8) is 0 Å². The van der Waals surface area contributed by atoms with E-state index in [-0.39, 0.29) is 17.5 Å². The molecule has 15 heavy (non-hydrogen) atoms. The van der Waals surface area contributed by atoms with Crippen LogP contribution in [0.25, 0.3) is 0 Å². The van der Waals surface area contributed by atoms with Crippen molar-refractivity contribution in [2.45, 2.75) is 17.4 Å². The molecule has 0 amide bonds. The maximum absolute atomic E-state index is 11.2. The van der Waals surface area contributed by atoms with E-state index >= 15 is 0 Å². The fourth-order valence-corrected chi connectivity index (χ4v) is 1.90. The normalized spacial score (nSPS) is 13.8. The van der Waals surface area contributed by atoms with Gasteiger partial charge in [-0.15, -0.1) is 0 Å². The standard InChI is InChI=1S/C10H15NO3S/c1-15(13,14)9-4-2-8(3-5-9)10(11)6-7-12/h2-5,10,12H,6-7,11H2,1H3. The van der Waals surface area contributed by atoms with Gasteiger partial charge in [0.15, 0.2) is 9.84 Å². The van der Waals surface area contributed by atoms with Crippen LogP contribution in [-0.2, 0) is 9.84 Å².